The lowest BCUT2D eigenvalue weighted by Gasteiger charge is -2.27. The maximum atomic E-state index is 5.69. The Hall–Kier alpha value is -0.0800. The molecule has 2 atom stereocenters. The predicted octanol–water partition coefficient (Wildman–Crippen LogP) is 0.916. The van der Waals surface area contributed by atoms with Crippen molar-refractivity contribution in [1.29, 1.82) is 0 Å². The molecule has 0 radical (unpaired) electrons. The molecule has 10 heavy (non-hydrogen) atoms. The van der Waals surface area contributed by atoms with E-state index in [1.165, 1.54) is 25.7 Å². The van der Waals surface area contributed by atoms with E-state index in [9.17, 15) is 0 Å². The van der Waals surface area contributed by atoms with Crippen LogP contribution in [-0.2, 0) is 4.74 Å². The summed E-state index contributed by atoms with van der Waals surface area (Å²) in [6, 6.07) is 0.728. The van der Waals surface area contributed by atoms with Gasteiger partial charge < -0.3 is 10.1 Å². The van der Waals surface area contributed by atoms with Gasteiger partial charge in [0.1, 0.15) is 0 Å². The van der Waals surface area contributed by atoms with Gasteiger partial charge >= 0.3 is 0 Å². The van der Waals surface area contributed by atoms with Gasteiger partial charge in [0, 0.05) is 6.04 Å². The van der Waals surface area contributed by atoms with E-state index >= 15 is 0 Å². The van der Waals surface area contributed by atoms with Gasteiger partial charge in [-0.25, -0.2) is 0 Å². The molecule has 2 aliphatic rings. The van der Waals surface area contributed by atoms with Gasteiger partial charge in [-0.05, 0) is 32.7 Å². The minimum Gasteiger partial charge on any atom is -0.375 e. The zero-order valence-corrected chi connectivity index (χ0v) is 6.47. The van der Waals surface area contributed by atoms with Crippen molar-refractivity contribution in [2.24, 2.45) is 0 Å². The fraction of sp³-hybridized carbons (Fsp3) is 1.00. The molecule has 0 aliphatic carbocycles. The lowest BCUT2D eigenvalue weighted by molar-refractivity contribution is -0.00737. The number of rotatable bonds is 1. The second-order valence-corrected chi connectivity index (χ2v) is 3.41. The highest BCUT2D eigenvalue weighted by molar-refractivity contribution is 4.86. The smallest absolute Gasteiger partial charge is 0.0594 e. The second-order valence-electron chi connectivity index (χ2n) is 3.41. The minimum atomic E-state index is 0.580. The van der Waals surface area contributed by atoms with Gasteiger partial charge in [0.15, 0.2) is 0 Å². The van der Waals surface area contributed by atoms with E-state index in [2.05, 4.69) is 12.4 Å². The zero-order valence-electron chi connectivity index (χ0n) is 6.47. The molecule has 2 rings (SSSR count). The standard InChI is InChI=1S/C8H15NO/c1-9-6-4-7-2-3-8(5-6)10-7/h6-9H,2-5H2,1H3. The fourth-order valence-corrected chi connectivity index (χ4v) is 2.09. The largest absolute Gasteiger partial charge is 0.375 e. The van der Waals surface area contributed by atoms with Crippen LogP contribution in [0.3, 0.4) is 0 Å². The molecule has 0 aromatic heterocycles. The van der Waals surface area contributed by atoms with E-state index in [0.717, 1.165) is 6.04 Å². The van der Waals surface area contributed by atoms with Crippen LogP contribution in [-0.4, -0.2) is 25.3 Å². The normalized spacial score (nSPS) is 45.9. The Morgan fingerprint density at radius 3 is 2.30 bits per heavy atom. The van der Waals surface area contributed by atoms with Gasteiger partial charge in [-0.3, -0.25) is 0 Å². The van der Waals surface area contributed by atoms with Crippen molar-refractivity contribution < 1.29 is 4.74 Å². The second kappa shape index (κ2) is 2.51. The average molecular weight is 141 g/mol. The first-order chi connectivity index (χ1) is 4.88. The van der Waals surface area contributed by atoms with Crippen LogP contribution in [0.25, 0.3) is 0 Å². The van der Waals surface area contributed by atoms with E-state index < -0.39 is 0 Å². The zero-order chi connectivity index (χ0) is 6.97. The van der Waals surface area contributed by atoms with Crippen molar-refractivity contribution in [3.63, 3.8) is 0 Å². The van der Waals surface area contributed by atoms with Crippen molar-refractivity contribution in [3.8, 4) is 0 Å². The van der Waals surface area contributed by atoms with Crippen molar-refractivity contribution in [3.05, 3.63) is 0 Å². The lowest BCUT2D eigenvalue weighted by Crippen LogP contribution is -2.36. The minimum absolute atomic E-state index is 0.580. The summed E-state index contributed by atoms with van der Waals surface area (Å²) < 4.78 is 5.69. The summed E-state index contributed by atoms with van der Waals surface area (Å²) in [7, 11) is 2.05. The molecule has 2 heterocycles. The topological polar surface area (TPSA) is 21.3 Å². The molecule has 0 aromatic carbocycles. The van der Waals surface area contributed by atoms with Gasteiger partial charge in [-0.2, -0.15) is 0 Å². The molecule has 2 saturated heterocycles. The molecule has 2 nitrogen and oxygen atoms in total. The monoisotopic (exact) mass is 141 g/mol. The van der Waals surface area contributed by atoms with Gasteiger partial charge in [-0.1, -0.05) is 0 Å². The molecule has 58 valence electrons. The van der Waals surface area contributed by atoms with Crippen molar-refractivity contribution in [1.82, 2.24) is 5.32 Å². The summed E-state index contributed by atoms with van der Waals surface area (Å²) in [5.74, 6) is 0. The van der Waals surface area contributed by atoms with Crippen LogP contribution in [0.5, 0.6) is 0 Å². The molecular formula is C8H15NO. The van der Waals surface area contributed by atoms with E-state index in [-0.39, 0.29) is 0 Å². The molecule has 0 aromatic rings. The third-order valence-corrected chi connectivity index (χ3v) is 2.70. The molecule has 0 spiro atoms. The molecule has 0 amide bonds. The van der Waals surface area contributed by atoms with Crippen molar-refractivity contribution >= 4 is 0 Å². The molecule has 2 unspecified atom stereocenters. The Labute approximate surface area is 61.9 Å². The first-order valence-electron chi connectivity index (χ1n) is 4.21. The van der Waals surface area contributed by atoms with Crippen LogP contribution < -0.4 is 5.32 Å². The SMILES string of the molecule is CNC1CC2CCC(C1)O2. The number of fused-ring (bicyclic) bond motifs is 2. The maximum absolute atomic E-state index is 5.69. The third kappa shape index (κ3) is 1.06. The highest BCUT2D eigenvalue weighted by atomic mass is 16.5. The Morgan fingerprint density at radius 1 is 1.20 bits per heavy atom. The van der Waals surface area contributed by atoms with Gasteiger partial charge in [0.25, 0.3) is 0 Å². The Kier molecular flexibility index (Phi) is 1.66. The lowest BCUT2D eigenvalue weighted by atomic mass is 10.0. The molecule has 2 aliphatic heterocycles. The first-order valence-corrected chi connectivity index (χ1v) is 4.21. The maximum Gasteiger partial charge on any atom is 0.0594 e. The summed E-state index contributed by atoms with van der Waals surface area (Å²) >= 11 is 0. The molecule has 2 heteroatoms. The van der Waals surface area contributed by atoms with Crippen LogP contribution in [0, 0.1) is 0 Å². The van der Waals surface area contributed by atoms with E-state index in [1.54, 1.807) is 0 Å². The average Bonchev–Trinajstić information content (AvgIpc) is 2.30. The van der Waals surface area contributed by atoms with E-state index in [1.807, 2.05) is 0 Å². The van der Waals surface area contributed by atoms with Crippen LogP contribution in [0.4, 0.5) is 0 Å². The summed E-state index contributed by atoms with van der Waals surface area (Å²) in [6.07, 6.45) is 6.21. The Bertz CT molecular complexity index is 114. The number of nitrogens with one attached hydrogen (secondary N) is 1. The van der Waals surface area contributed by atoms with Crippen LogP contribution >= 0.6 is 0 Å². The first kappa shape index (κ1) is 6.62. The summed E-state index contributed by atoms with van der Waals surface area (Å²) in [5.41, 5.74) is 0. The van der Waals surface area contributed by atoms with Crippen LogP contribution in [0.2, 0.25) is 0 Å². The van der Waals surface area contributed by atoms with Gasteiger partial charge in [0.2, 0.25) is 0 Å². The van der Waals surface area contributed by atoms with Crippen molar-refractivity contribution in [2.45, 2.75) is 43.9 Å². The molecular weight excluding hydrogens is 126 g/mol. The van der Waals surface area contributed by atoms with Crippen molar-refractivity contribution in [2.75, 3.05) is 7.05 Å². The van der Waals surface area contributed by atoms with E-state index in [4.69, 9.17) is 4.74 Å². The molecule has 2 fully saturated rings. The molecule has 0 saturated carbocycles. The van der Waals surface area contributed by atoms with Crippen LogP contribution in [0.1, 0.15) is 25.7 Å². The van der Waals surface area contributed by atoms with E-state index in [0.29, 0.717) is 12.2 Å². The Morgan fingerprint density at radius 2 is 1.80 bits per heavy atom. The molecule has 2 bridgehead atoms. The highest BCUT2D eigenvalue weighted by Crippen LogP contribution is 2.31. The molecule has 1 N–H and O–H groups in total. The third-order valence-electron chi connectivity index (χ3n) is 2.70. The van der Waals surface area contributed by atoms with Gasteiger partial charge in [-0.15, -0.1) is 0 Å². The fourth-order valence-electron chi connectivity index (χ4n) is 2.09. The summed E-state index contributed by atoms with van der Waals surface area (Å²) in [4.78, 5) is 0. The number of hydrogen-bond acceptors (Lipinski definition) is 2. The quantitative estimate of drug-likeness (QED) is 0.586. The summed E-state index contributed by atoms with van der Waals surface area (Å²) in [5, 5.41) is 3.32. The number of hydrogen-bond donors (Lipinski definition) is 1. The highest BCUT2D eigenvalue weighted by Gasteiger charge is 2.33. The Balaban J connectivity index is 1.96. The summed E-state index contributed by atoms with van der Waals surface area (Å²) in [6.45, 7) is 0. The number of ether oxygens (including phenoxy) is 1. The van der Waals surface area contributed by atoms with Gasteiger partial charge in [0.05, 0.1) is 12.2 Å². The van der Waals surface area contributed by atoms with Crippen LogP contribution in [0.15, 0.2) is 0 Å². The predicted molar refractivity (Wildman–Crippen MR) is 40.0 cm³/mol.